The van der Waals surface area contributed by atoms with E-state index >= 15 is 0 Å². The van der Waals surface area contributed by atoms with Gasteiger partial charge in [-0.25, -0.2) is 8.42 Å². The number of halogens is 3. The van der Waals surface area contributed by atoms with E-state index in [1.165, 1.54) is 9.62 Å². The van der Waals surface area contributed by atoms with Gasteiger partial charge in [-0.05, 0) is 24.8 Å². The first-order chi connectivity index (χ1) is 15.9. The molecule has 1 aromatic carbocycles. The molecule has 1 fully saturated rings. The molecule has 2 amide bonds. The Kier molecular flexibility index (Phi) is 10.3. The maximum atomic E-state index is 12.9. The van der Waals surface area contributed by atoms with Gasteiger partial charge in [0.2, 0.25) is 11.8 Å². The van der Waals surface area contributed by atoms with Crippen LogP contribution in [0, 0.1) is 0 Å². The summed E-state index contributed by atoms with van der Waals surface area (Å²) in [5, 5.41) is 21.4. The van der Waals surface area contributed by atoms with E-state index in [1.807, 2.05) is 30.3 Å². The predicted octanol–water partition coefficient (Wildman–Crippen LogP) is -0.437. The van der Waals surface area contributed by atoms with Crippen molar-refractivity contribution in [2.75, 3.05) is 26.3 Å². The molecular formula is C19H27BF3N3O7S. The van der Waals surface area contributed by atoms with Crippen LogP contribution in [0.25, 0.3) is 0 Å². The smallest absolute Gasteiger partial charge is 0.426 e. The molecule has 34 heavy (non-hydrogen) atoms. The van der Waals surface area contributed by atoms with Crippen LogP contribution in [0.1, 0.15) is 24.8 Å². The third-order valence-electron chi connectivity index (χ3n) is 5.17. The van der Waals surface area contributed by atoms with Crippen molar-refractivity contribution in [3.05, 3.63) is 35.9 Å². The van der Waals surface area contributed by atoms with Crippen LogP contribution in [0.15, 0.2) is 30.3 Å². The lowest BCUT2D eigenvalue weighted by Crippen LogP contribution is -2.56. The molecule has 10 nitrogen and oxygen atoms in total. The molecule has 190 valence electrons. The SMILES string of the molecule is O=C(NC(CCCc1ccccc1)B(O)O)C(CC(=O)N1CCOCC1)NS(=O)(=O)C(F)(F)F. The zero-order valence-electron chi connectivity index (χ0n) is 18.2. The fourth-order valence-corrected chi connectivity index (χ4v) is 4.01. The topological polar surface area (TPSA) is 145 Å². The quantitative estimate of drug-likeness (QED) is 0.296. The minimum atomic E-state index is -5.96. The molecule has 4 N–H and O–H groups in total. The highest BCUT2D eigenvalue weighted by Gasteiger charge is 2.48. The van der Waals surface area contributed by atoms with Gasteiger partial charge in [0.25, 0.3) is 0 Å². The van der Waals surface area contributed by atoms with Crippen molar-refractivity contribution >= 4 is 29.0 Å². The van der Waals surface area contributed by atoms with Gasteiger partial charge in [0.05, 0.1) is 25.6 Å². The lowest BCUT2D eigenvalue weighted by atomic mass is 9.76. The van der Waals surface area contributed by atoms with E-state index in [2.05, 4.69) is 5.32 Å². The number of rotatable bonds is 11. The monoisotopic (exact) mass is 509 g/mol. The first-order valence-corrected chi connectivity index (χ1v) is 12.0. The van der Waals surface area contributed by atoms with Crippen LogP contribution >= 0.6 is 0 Å². The molecule has 15 heteroatoms. The van der Waals surface area contributed by atoms with Gasteiger partial charge in [-0.15, -0.1) is 0 Å². The Hall–Kier alpha value is -2.20. The van der Waals surface area contributed by atoms with Gasteiger partial charge in [0, 0.05) is 13.1 Å². The highest BCUT2D eigenvalue weighted by molar-refractivity contribution is 7.90. The average Bonchev–Trinajstić information content (AvgIpc) is 2.78. The minimum Gasteiger partial charge on any atom is -0.426 e. The largest absolute Gasteiger partial charge is 0.511 e. The van der Waals surface area contributed by atoms with E-state index in [4.69, 9.17) is 4.74 Å². The van der Waals surface area contributed by atoms with E-state index in [1.54, 1.807) is 0 Å². The molecular weight excluding hydrogens is 482 g/mol. The molecule has 1 saturated heterocycles. The van der Waals surface area contributed by atoms with Crippen molar-refractivity contribution in [1.82, 2.24) is 14.9 Å². The van der Waals surface area contributed by atoms with Crippen molar-refractivity contribution in [3.8, 4) is 0 Å². The molecule has 0 aromatic heterocycles. The highest BCUT2D eigenvalue weighted by Crippen LogP contribution is 2.22. The molecule has 1 aliphatic heterocycles. The second-order valence-electron chi connectivity index (χ2n) is 7.72. The van der Waals surface area contributed by atoms with Crippen molar-refractivity contribution < 1.29 is 46.0 Å². The number of sulfonamides is 1. The Bertz CT molecular complexity index is 913. The number of ether oxygens (including phenoxy) is 1. The third kappa shape index (κ3) is 8.54. The molecule has 2 rings (SSSR count). The maximum Gasteiger partial charge on any atom is 0.511 e. The number of hydrogen-bond donors (Lipinski definition) is 4. The van der Waals surface area contributed by atoms with Crippen molar-refractivity contribution in [2.24, 2.45) is 0 Å². The summed E-state index contributed by atoms with van der Waals surface area (Å²) in [6.07, 6.45) is 0.0612. The van der Waals surface area contributed by atoms with Gasteiger partial charge in [0.15, 0.2) is 0 Å². The van der Waals surface area contributed by atoms with Crippen molar-refractivity contribution in [2.45, 2.75) is 43.2 Å². The highest BCUT2D eigenvalue weighted by atomic mass is 32.2. The Labute approximate surface area is 195 Å². The first kappa shape index (κ1) is 28.0. The van der Waals surface area contributed by atoms with Crippen LogP contribution in [-0.2, 0) is 30.8 Å². The predicted molar refractivity (Wildman–Crippen MR) is 115 cm³/mol. The summed E-state index contributed by atoms with van der Waals surface area (Å²) in [6, 6.07) is 7.04. The molecule has 1 aromatic rings. The number of amides is 2. The van der Waals surface area contributed by atoms with Crippen LogP contribution in [-0.4, -0.2) is 86.1 Å². The number of carbonyl (C=O) groups is 2. The van der Waals surface area contributed by atoms with Gasteiger partial charge in [-0.1, -0.05) is 30.3 Å². The summed E-state index contributed by atoms with van der Waals surface area (Å²) in [4.78, 5) is 26.4. The molecule has 0 spiro atoms. The lowest BCUT2D eigenvalue weighted by molar-refractivity contribution is -0.138. The summed E-state index contributed by atoms with van der Waals surface area (Å²) in [5.41, 5.74) is -4.76. The molecule has 0 radical (unpaired) electrons. The number of nitrogens with one attached hydrogen (secondary N) is 2. The van der Waals surface area contributed by atoms with Crippen molar-refractivity contribution in [3.63, 3.8) is 0 Å². The molecule has 1 aliphatic rings. The molecule has 0 aliphatic carbocycles. The lowest BCUT2D eigenvalue weighted by Gasteiger charge is -2.29. The third-order valence-corrected chi connectivity index (χ3v) is 6.38. The Morgan fingerprint density at radius 1 is 1.15 bits per heavy atom. The van der Waals surface area contributed by atoms with Crippen LogP contribution < -0.4 is 10.0 Å². The number of nitrogens with zero attached hydrogens (tertiary/aromatic N) is 1. The Balaban J connectivity index is 2.09. The van der Waals surface area contributed by atoms with Crippen LogP contribution in [0.2, 0.25) is 0 Å². The molecule has 1 heterocycles. The Morgan fingerprint density at radius 3 is 2.32 bits per heavy atom. The standard InChI is InChI=1S/C19H27BF3N3O7S/c21-19(22,23)34(31,32)25-15(13-17(27)26-9-11-33-12-10-26)18(28)24-16(20(29)30)8-4-7-14-5-2-1-3-6-14/h1-3,5-6,15-16,25,29-30H,4,7-13H2,(H,24,28). The molecule has 2 atom stereocenters. The van der Waals surface area contributed by atoms with Gasteiger partial charge in [-0.2, -0.15) is 17.9 Å². The normalized spacial score (nSPS) is 16.6. The Morgan fingerprint density at radius 2 is 1.76 bits per heavy atom. The van der Waals surface area contributed by atoms with Gasteiger partial charge in [-0.3, -0.25) is 9.59 Å². The minimum absolute atomic E-state index is 0.0362. The van der Waals surface area contributed by atoms with E-state index < -0.39 is 52.9 Å². The van der Waals surface area contributed by atoms with Crippen LogP contribution in [0.4, 0.5) is 13.2 Å². The number of alkyl halides is 3. The molecule has 2 unspecified atom stereocenters. The maximum absolute atomic E-state index is 12.9. The second-order valence-corrected chi connectivity index (χ2v) is 9.43. The van der Waals surface area contributed by atoms with Gasteiger partial charge in [0.1, 0.15) is 6.04 Å². The van der Waals surface area contributed by atoms with Gasteiger partial charge < -0.3 is 25.0 Å². The van der Waals surface area contributed by atoms with Crippen molar-refractivity contribution in [1.29, 1.82) is 0 Å². The fraction of sp³-hybridized carbons (Fsp3) is 0.579. The number of morpholine rings is 1. The van der Waals surface area contributed by atoms with Crippen LogP contribution in [0.3, 0.4) is 0 Å². The number of carbonyl (C=O) groups excluding carboxylic acids is 2. The number of benzene rings is 1. The number of aryl methyl sites for hydroxylation is 1. The average molecular weight is 509 g/mol. The van der Waals surface area contributed by atoms with E-state index in [0.717, 1.165) is 5.56 Å². The summed E-state index contributed by atoms with van der Waals surface area (Å²) in [7, 11) is -8.02. The van der Waals surface area contributed by atoms with Crippen LogP contribution in [0.5, 0.6) is 0 Å². The van der Waals surface area contributed by atoms with Gasteiger partial charge >= 0.3 is 22.7 Å². The molecule has 0 bridgehead atoms. The number of hydrogen-bond acceptors (Lipinski definition) is 7. The van der Waals surface area contributed by atoms with E-state index in [-0.39, 0.29) is 32.7 Å². The summed E-state index contributed by atoms with van der Waals surface area (Å²) in [6.45, 7) is 0.654. The zero-order chi connectivity index (χ0) is 25.4. The zero-order valence-corrected chi connectivity index (χ0v) is 19.0. The summed E-state index contributed by atoms with van der Waals surface area (Å²) in [5.74, 6) is -3.33. The second kappa shape index (κ2) is 12.5. The summed E-state index contributed by atoms with van der Waals surface area (Å²) >= 11 is 0. The van der Waals surface area contributed by atoms with E-state index in [9.17, 15) is 41.2 Å². The summed E-state index contributed by atoms with van der Waals surface area (Å²) < 4.78 is 68.2. The molecule has 0 saturated carbocycles. The van der Waals surface area contributed by atoms with E-state index in [0.29, 0.717) is 12.8 Å². The first-order valence-electron chi connectivity index (χ1n) is 10.6. The fourth-order valence-electron chi connectivity index (χ4n) is 3.31.